The lowest BCUT2D eigenvalue weighted by Crippen LogP contribution is -2.61. The number of hydrogen-bond acceptors (Lipinski definition) is 9. The van der Waals surface area contributed by atoms with Gasteiger partial charge in [0.25, 0.3) is 0 Å². The van der Waals surface area contributed by atoms with Crippen LogP contribution in [-0.2, 0) is 38.1 Å². The predicted octanol–water partition coefficient (Wildman–Crippen LogP) is 0.0156. The molecule has 0 aromatic heterocycles. The molecule has 1 fully saturated rings. The molecule has 0 spiro atoms. The van der Waals surface area contributed by atoms with Crippen LogP contribution in [0.5, 0.6) is 0 Å². The number of esters is 3. The monoisotopic (exact) mass is 329 g/mol. The van der Waals surface area contributed by atoms with Crippen molar-refractivity contribution >= 4 is 24.2 Å². The lowest BCUT2D eigenvalue weighted by molar-refractivity contribution is -0.239. The lowest BCUT2D eigenvalue weighted by Gasteiger charge is -2.41. The van der Waals surface area contributed by atoms with Crippen LogP contribution in [0.15, 0.2) is 5.11 Å². The van der Waals surface area contributed by atoms with E-state index in [0.29, 0.717) is 6.29 Å². The normalized spacial score (nSPS) is 29.6. The Hall–Kier alpha value is -2.65. The van der Waals surface area contributed by atoms with Crippen molar-refractivity contribution in [2.45, 2.75) is 51.4 Å². The molecule has 1 rings (SSSR count). The average molecular weight is 329 g/mol. The molecule has 0 amide bonds. The zero-order chi connectivity index (χ0) is 17.6. The minimum atomic E-state index is -1.43. The number of azide groups is 1. The van der Waals surface area contributed by atoms with Crippen LogP contribution in [0.2, 0.25) is 0 Å². The Balaban J connectivity index is 3.27. The second kappa shape index (κ2) is 8.11. The molecule has 0 aliphatic carbocycles. The Bertz CT molecular complexity index is 544. The standard InChI is InChI=1S/C12H15N3O8/c1-5(17)20-9-8(4-16)23-12(14-15-13)11(22-7(3)19)10(9)21-6(2)18/h4,8-12H,1-3H3. The summed E-state index contributed by atoms with van der Waals surface area (Å²) >= 11 is 0. The van der Waals surface area contributed by atoms with E-state index in [4.69, 9.17) is 24.5 Å². The minimum absolute atomic E-state index is 0.300. The van der Waals surface area contributed by atoms with Crippen LogP contribution in [0.25, 0.3) is 10.4 Å². The van der Waals surface area contributed by atoms with Crippen LogP contribution >= 0.6 is 0 Å². The van der Waals surface area contributed by atoms with Crippen molar-refractivity contribution in [1.82, 2.24) is 0 Å². The highest BCUT2D eigenvalue weighted by Crippen LogP contribution is 2.28. The molecular weight excluding hydrogens is 314 g/mol. The van der Waals surface area contributed by atoms with E-state index in [1.807, 2.05) is 0 Å². The maximum Gasteiger partial charge on any atom is 0.303 e. The number of rotatable bonds is 5. The summed E-state index contributed by atoms with van der Waals surface area (Å²) in [6.45, 7) is 3.22. The molecule has 11 nitrogen and oxygen atoms in total. The second-order valence-electron chi connectivity index (χ2n) is 4.55. The van der Waals surface area contributed by atoms with Gasteiger partial charge in [0.1, 0.15) is 0 Å². The van der Waals surface area contributed by atoms with Crippen molar-refractivity contribution < 1.29 is 38.1 Å². The molecule has 0 aromatic carbocycles. The Kier molecular flexibility index (Phi) is 6.49. The topological polar surface area (TPSA) is 154 Å². The first-order valence-corrected chi connectivity index (χ1v) is 6.46. The van der Waals surface area contributed by atoms with Crippen LogP contribution in [0.3, 0.4) is 0 Å². The molecule has 1 aliphatic rings. The number of carbonyl (C=O) groups excluding carboxylic acids is 4. The first kappa shape index (κ1) is 18.4. The Morgan fingerprint density at radius 3 is 1.91 bits per heavy atom. The molecule has 0 saturated carbocycles. The highest BCUT2D eigenvalue weighted by Gasteiger charge is 2.51. The van der Waals surface area contributed by atoms with Gasteiger partial charge in [-0.05, 0) is 5.53 Å². The predicted molar refractivity (Wildman–Crippen MR) is 70.5 cm³/mol. The summed E-state index contributed by atoms with van der Waals surface area (Å²) in [4.78, 5) is 47.5. The quantitative estimate of drug-likeness (QED) is 0.171. The van der Waals surface area contributed by atoms with Gasteiger partial charge in [-0.25, -0.2) is 0 Å². The fourth-order valence-electron chi connectivity index (χ4n) is 2.07. The minimum Gasteiger partial charge on any atom is -0.455 e. The fraction of sp³-hybridized carbons (Fsp3) is 0.667. The van der Waals surface area contributed by atoms with E-state index in [1.165, 1.54) is 0 Å². The van der Waals surface area contributed by atoms with Gasteiger partial charge in [0.05, 0.1) is 0 Å². The molecule has 1 aliphatic heterocycles. The summed E-state index contributed by atoms with van der Waals surface area (Å²) < 4.78 is 20.1. The van der Waals surface area contributed by atoms with Crippen molar-refractivity contribution in [1.29, 1.82) is 0 Å². The Morgan fingerprint density at radius 2 is 1.48 bits per heavy atom. The maximum absolute atomic E-state index is 11.3. The van der Waals surface area contributed by atoms with Crippen molar-refractivity contribution in [3.05, 3.63) is 10.4 Å². The van der Waals surface area contributed by atoms with Crippen LogP contribution in [0.4, 0.5) is 0 Å². The fourth-order valence-corrected chi connectivity index (χ4v) is 2.07. The molecule has 11 heteroatoms. The van der Waals surface area contributed by atoms with Crippen molar-refractivity contribution in [3.8, 4) is 0 Å². The van der Waals surface area contributed by atoms with Gasteiger partial charge in [0, 0.05) is 25.7 Å². The van der Waals surface area contributed by atoms with Gasteiger partial charge in [0.15, 0.2) is 36.9 Å². The third-order valence-corrected chi connectivity index (χ3v) is 2.75. The third-order valence-electron chi connectivity index (χ3n) is 2.75. The zero-order valence-electron chi connectivity index (χ0n) is 12.6. The van der Waals surface area contributed by atoms with Gasteiger partial charge in [0.2, 0.25) is 0 Å². The summed E-state index contributed by atoms with van der Waals surface area (Å²) in [5.41, 5.74) is 8.57. The molecule has 0 radical (unpaired) electrons. The van der Waals surface area contributed by atoms with Crippen molar-refractivity contribution in [3.63, 3.8) is 0 Å². The zero-order valence-corrected chi connectivity index (χ0v) is 12.6. The molecule has 1 saturated heterocycles. The van der Waals surface area contributed by atoms with Crippen LogP contribution < -0.4 is 0 Å². The van der Waals surface area contributed by atoms with E-state index in [9.17, 15) is 19.2 Å². The largest absolute Gasteiger partial charge is 0.455 e. The van der Waals surface area contributed by atoms with Gasteiger partial charge in [-0.2, -0.15) is 0 Å². The summed E-state index contributed by atoms with van der Waals surface area (Å²) in [5.74, 6) is -2.33. The van der Waals surface area contributed by atoms with Crippen LogP contribution in [-0.4, -0.2) is 54.8 Å². The maximum atomic E-state index is 11.3. The van der Waals surface area contributed by atoms with E-state index in [2.05, 4.69) is 10.0 Å². The van der Waals surface area contributed by atoms with E-state index >= 15 is 0 Å². The summed E-state index contributed by atoms with van der Waals surface area (Å²) in [6.07, 6.45) is -6.62. The first-order valence-electron chi connectivity index (χ1n) is 6.46. The number of aldehydes is 1. The first-order chi connectivity index (χ1) is 10.8. The second-order valence-corrected chi connectivity index (χ2v) is 4.55. The van der Waals surface area contributed by atoms with Gasteiger partial charge < -0.3 is 23.7 Å². The molecule has 1 heterocycles. The smallest absolute Gasteiger partial charge is 0.303 e. The lowest BCUT2D eigenvalue weighted by atomic mass is 9.98. The number of ether oxygens (including phenoxy) is 4. The number of hydrogen-bond donors (Lipinski definition) is 0. The molecule has 0 N–H and O–H groups in total. The van der Waals surface area contributed by atoms with Gasteiger partial charge in [-0.1, -0.05) is 5.11 Å². The molecule has 0 bridgehead atoms. The van der Waals surface area contributed by atoms with E-state index in [-0.39, 0.29) is 0 Å². The van der Waals surface area contributed by atoms with Gasteiger partial charge in [-0.15, -0.1) is 0 Å². The Morgan fingerprint density at radius 1 is 1.00 bits per heavy atom. The van der Waals surface area contributed by atoms with Crippen molar-refractivity contribution in [2.24, 2.45) is 5.11 Å². The van der Waals surface area contributed by atoms with E-state index < -0.39 is 48.6 Å². The summed E-state index contributed by atoms with van der Waals surface area (Å²) in [6, 6.07) is 0. The summed E-state index contributed by atoms with van der Waals surface area (Å²) in [5, 5.41) is 3.28. The third kappa shape index (κ3) is 4.94. The molecular formula is C12H15N3O8. The van der Waals surface area contributed by atoms with Gasteiger partial charge >= 0.3 is 17.9 Å². The van der Waals surface area contributed by atoms with E-state index in [1.54, 1.807) is 0 Å². The molecule has 126 valence electrons. The number of nitrogens with zero attached hydrogens (tertiary/aromatic N) is 3. The van der Waals surface area contributed by atoms with Crippen LogP contribution in [0.1, 0.15) is 20.8 Å². The summed E-state index contributed by atoms with van der Waals surface area (Å²) in [7, 11) is 0. The SMILES string of the molecule is CC(=O)OC1C(C=O)OC(N=[N+]=[N-])C(OC(C)=O)C1OC(C)=O. The molecule has 0 aromatic rings. The average Bonchev–Trinajstić information content (AvgIpc) is 2.43. The highest BCUT2D eigenvalue weighted by atomic mass is 16.7. The molecule has 5 unspecified atom stereocenters. The molecule has 5 atom stereocenters. The van der Waals surface area contributed by atoms with Gasteiger partial charge in [-0.3, -0.25) is 14.4 Å². The Labute approximate surface area is 130 Å². The molecule has 23 heavy (non-hydrogen) atoms. The highest BCUT2D eigenvalue weighted by molar-refractivity contribution is 5.69. The van der Waals surface area contributed by atoms with Crippen molar-refractivity contribution in [2.75, 3.05) is 0 Å². The van der Waals surface area contributed by atoms with E-state index in [0.717, 1.165) is 20.8 Å². The number of carbonyl (C=O) groups is 4. The van der Waals surface area contributed by atoms with Crippen LogP contribution in [0, 0.1) is 0 Å².